The van der Waals surface area contributed by atoms with E-state index in [4.69, 9.17) is 15.2 Å². The van der Waals surface area contributed by atoms with Crippen LogP contribution in [0.15, 0.2) is 24.4 Å². The van der Waals surface area contributed by atoms with Crippen molar-refractivity contribution in [2.45, 2.75) is 19.5 Å². The molecule has 2 N–H and O–H groups in total. The van der Waals surface area contributed by atoms with Gasteiger partial charge in [-0.1, -0.05) is 6.07 Å². The summed E-state index contributed by atoms with van der Waals surface area (Å²) in [6.07, 6.45) is 1.49. The van der Waals surface area contributed by atoms with E-state index in [1.165, 1.54) is 6.20 Å². The number of carbonyl (C=O) groups excluding carboxylic acids is 1. The van der Waals surface area contributed by atoms with E-state index in [1.54, 1.807) is 4.90 Å². The lowest BCUT2D eigenvalue weighted by Gasteiger charge is -2.24. The third-order valence-electron chi connectivity index (χ3n) is 4.04. The molecule has 4 rings (SSSR count). The molecule has 1 aromatic heterocycles. The summed E-state index contributed by atoms with van der Waals surface area (Å²) in [6, 6.07) is 5.59. The summed E-state index contributed by atoms with van der Waals surface area (Å²) < 4.78 is 10.7. The molecule has 0 saturated carbocycles. The van der Waals surface area contributed by atoms with Crippen molar-refractivity contribution >= 4 is 11.9 Å². The first kappa shape index (κ1) is 12.9. The number of benzene rings is 1. The number of carbonyl (C=O) groups is 1. The van der Waals surface area contributed by atoms with E-state index in [2.05, 4.69) is 9.97 Å². The van der Waals surface area contributed by atoms with Crippen LogP contribution in [0.25, 0.3) is 0 Å². The van der Waals surface area contributed by atoms with Crippen LogP contribution in [0.1, 0.15) is 34.6 Å². The van der Waals surface area contributed by atoms with Crippen molar-refractivity contribution in [2.75, 3.05) is 12.5 Å². The molecule has 1 unspecified atom stereocenters. The number of nitrogens with two attached hydrogens (primary N) is 1. The number of hydrogen-bond donors (Lipinski definition) is 1. The van der Waals surface area contributed by atoms with Gasteiger partial charge in [-0.15, -0.1) is 0 Å². The van der Waals surface area contributed by atoms with Crippen LogP contribution in [0.5, 0.6) is 11.5 Å². The van der Waals surface area contributed by atoms with E-state index >= 15 is 0 Å². The maximum absolute atomic E-state index is 12.5. The Hall–Kier alpha value is -2.83. The predicted octanol–water partition coefficient (Wildman–Crippen LogP) is 1.50. The first-order valence-electron chi connectivity index (χ1n) is 6.95. The third-order valence-corrected chi connectivity index (χ3v) is 4.04. The fourth-order valence-corrected chi connectivity index (χ4v) is 2.79. The molecule has 1 aromatic carbocycles. The Morgan fingerprint density at radius 2 is 2.14 bits per heavy atom. The topological polar surface area (TPSA) is 90.6 Å². The summed E-state index contributed by atoms with van der Waals surface area (Å²) in [7, 11) is 0. The van der Waals surface area contributed by atoms with Gasteiger partial charge in [-0.3, -0.25) is 4.79 Å². The molecule has 1 atom stereocenters. The van der Waals surface area contributed by atoms with Gasteiger partial charge in [0.25, 0.3) is 5.91 Å². The van der Waals surface area contributed by atoms with Gasteiger partial charge in [0.05, 0.1) is 23.8 Å². The fraction of sp³-hybridized carbons (Fsp3) is 0.267. The first-order valence-corrected chi connectivity index (χ1v) is 6.95. The number of amides is 1. The van der Waals surface area contributed by atoms with Crippen molar-refractivity contribution in [3.05, 3.63) is 41.2 Å². The van der Waals surface area contributed by atoms with Crippen LogP contribution >= 0.6 is 0 Å². The maximum Gasteiger partial charge on any atom is 0.258 e. The lowest BCUT2D eigenvalue weighted by Crippen LogP contribution is -2.27. The Morgan fingerprint density at radius 3 is 3.00 bits per heavy atom. The van der Waals surface area contributed by atoms with Crippen LogP contribution < -0.4 is 15.2 Å². The highest BCUT2D eigenvalue weighted by molar-refractivity contribution is 5.97. The first-order chi connectivity index (χ1) is 10.6. The van der Waals surface area contributed by atoms with Crippen molar-refractivity contribution < 1.29 is 14.3 Å². The minimum Gasteiger partial charge on any atom is -0.454 e. The summed E-state index contributed by atoms with van der Waals surface area (Å²) in [5, 5.41) is 0. The number of fused-ring (bicyclic) bond motifs is 2. The second kappa shape index (κ2) is 4.59. The zero-order chi connectivity index (χ0) is 15.3. The van der Waals surface area contributed by atoms with Gasteiger partial charge in [-0.05, 0) is 24.6 Å². The second-order valence-corrected chi connectivity index (χ2v) is 5.31. The van der Waals surface area contributed by atoms with Crippen LogP contribution in [-0.2, 0) is 6.54 Å². The van der Waals surface area contributed by atoms with Gasteiger partial charge in [0, 0.05) is 6.20 Å². The van der Waals surface area contributed by atoms with E-state index in [9.17, 15) is 4.79 Å². The van der Waals surface area contributed by atoms with Crippen molar-refractivity contribution in [3.63, 3.8) is 0 Å². The van der Waals surface area contributed by atoms with Crippen molar-refractivity contribution in [2.24, 2.45) is 0 Å². The molecule has 2 aliphatic heterocycles. The molecule has 0 radical (unpaired) electrons. The molecule has 112 valence electrons. The summed E-state index contributed by atoms with van der Waals surface area (Å²) in [6.45, 7) is 2.63. The zero-order valence-electron chi connectivity index (χ0n) is 11.9. The molecule has 0 saturated heterocycles. The Labute approximate surface area is 126 Å². The summed E-state index contributed by atoms with van der Waals surface area (Å²) in [4.78, 5) is 22.3. The highest BCUT2D eigenvalue weighted by Crippen LogP contribution is 2.37. The van der Waals surface area contributed by atoms with Gasteiger partial charge < -0.3 is 20.1 Å². The Bertz CT molecular complexity index is 777. The Kier molecular flexibility index (Phi) is 2.69. The van der Waals surface area contributed by atoms with Crippen molar-refractivity contribution in [1.82, 2.24) is 14.9 Å². The van der Waals surface area contributed by atoms with E-state index < -0.39 is 0 Å². The number of rotatable bonds is 2. The minimum atomic E-state index is -0.113. The van der Waals surface area contributed by atoms with Gasteiger partial charge in [0.15, 0.2) is 11.5 Å². The maximum atomic E-state index is 12.5. The van der Waals surface area contributed by atoms with Gasteiger partial charge >= 0.3 is 0 Å². The fourth-order valence-electron chi connectivity index (χ4n) is 2.79. The molecule has 1 amide bonds. The average molecular weight is 298 g/mol. The molecule has 22 heavy (non-hydrogen) atoms. The van der Waals surface area contributed by atoms with E-state index in [-0.39, 0.29) is 24.7 Å². The monoisotopic (exact) mass is 298 g/mol. The van der Waals surface area contributed by atoms with Gasteiger partial charge in [-0.2, -0.15) is 0 Å². The lowest BCUT2D eigenvalue weighted by molar-refractivity contribution is 0.0715. The molecule has 0 bridgehead atoms. The molecular formula is C15H14N4O3. The summed E-state index contributed by atoms with van der Waals surface area (Å²) >= 11 is 0. The number of hydrogen-bond acceptors (Lipinski definition) is 6. The smallest absolute Gasteiger partial charge is 0.258 e. The standard InChI is InChI=1S/C15H14N4O3/c1-8(9-2-3-12-13(4-9)22-7-21-12)19-6-11-10(14(19)20)5-17-15(16)18-11/h2-5,8H,6-7H2,1H3,(H2,16,17,18). The third kappa shape index (κ3) is 1.86. The predicted molar refractivity (Wildman–Crippen MR) is 77.3 cm³/mol. The SMILES string of the molecule is CC(c1ccc2c(c1)OCO2)N1Cc2nc(N)ncc2C1=O. The molecular weight excluding hydrogens is 284 g/mol. The Morgan fingerprint density at radius 1 is 1.32 bits per heavy atom. The number of nitrogen functional groups attached to an aromatic ring is 1. The molecule has 0 spiro atoms. The van der Waals surface area contributed by atoms with E-state index in [0.717, 1.165) is 11.3 Å². The van der Waals surface area contributed by atoms with E-state index in [1.807, 2.05) is 25.1 Å². The van der Waals surface area contributed by atoms with Crippen molar-refractivity contribution in [3.8, 4) is 11.5 Å². The quantitative estimate of drug-likeness (QED) is 0.903. The second-order valence-electron chi connectivity index (χ2n) is 5.31. The number of ether oxygens (including phenoxy) is 2. The normalized spacial score (nSPS) is 16.8. The van der Waals surface area contributed by atoms with Gasteiger partial charge in [-0.25, -0.2) is 9.97 Å². The molecule has 2 aliphatic rings. The van der Waals surface area contributed by atoms with Crippen LogP contribution in [0, 0.1) is 0 Å². The van der Waals surface area contributed by atoms with Crippen LogP contribution in [0.3, 0.4) is 0 Å². The molecule has 3 heterocycles. The highest BCUT2D eigenvalue weighted by atomic mass is 16.7. The highest BCUT2D eigenvalue weighted by Gasteiger charge is 2.33. The minimum absolute atomic E-state index is 0.0832. The zero-order valence-corrected chi connectivity index (χ0v) is 11.9. The molecule has 7 heteroatoms. The van der Waals surface area contributed by atoms with Crippen LogP contribution in [0.4, 0.5) is 5.95 Å². The lowest BCUT2D eigenvalue weighted by atomic mass is 10.1. The largest absolute Gasteiger partial charge is 0.454 e. The van der Waals surface area contributed by atoms with Crippen molar-refractivity contribution in [1.29, 1.82) is 0 Å². The van der Waals surface area contributed by atoms with Gasteiger partial charge in [0.2, 0.25) is 12.7 Å². The summed E-state index contributed by atoms with van der Waals surface area (Å²) in [5.74, 6) is 1.53. The number of nitrogens with zero attached hydrogens (tertiary/aromatic N) is 3. The van der Waals surface area contributed by atoms with Crippen LogP contribution in [0.2, 0.25) is 0 Å². The number of aromatic nitrogens is 2. The van der Waals surface area contributed by atoms with E-state index in [0.29, 0.717) is 23.6 Å². The molecule has 0 fully saturated rings. The molecule has 0 aliphatic carbocycles. The average Bonchev–Trinajstić information content (AvgIpc) is 3.10. The Balaban J connectivity index is 1.64. The molecule has 7 nitrogen and oxygen atoms in total. The van der Waals surface area contributed by atoms with Gasteiger partial charge in [0.1, 0.15) is 0 Å². The molecule has 2 aromatic rings. The summed E-state index contributed by atoms with van der Waals surface area (Å²) in [5.41, 5.74) is 7.75. The number of anilines is 1. The van der Waals surface area contributed by atoms with Crippen LogP contribution in [-0.4, -0.2) is 27.6 Å².